The monoisotopic (exact) mass is 1440 g/mol. The van der Waals surface area contributed by atoms with Gasteiger partial charge in [-0.2, -0.15) is 0 Å². The normalized spacial score (nSPS) is 18.3. The average Bonchev–Trinajstić information content (AvgIpc) is 1.62. The number of ketones is 1. The first-order valence-corrected chi connectivity index (χ1v) is 38.7. The van der Waals surface area contributed by atoms with Gasteiger partial charge >= 0.3 is 24.1 Å². The van der Waals surface area contributed by atoms with E-state index in [0.717, 1.165) is 146 Å². The van der Waals surface area contributed by atoms with E-state index in [4.69, 9.17) is 48.5 Å². The molecule has 25 nitrogen and oxygen atoms in total. The van der Waals surface area contributed by atoms with Gasteiger partial charge in [0.15, 0.2) is 0 Å². The Labute approximate surface area is 611 Å². The molecule has 4 aliphatic carbocycles. The van der Waals surface area contributed by atoms with Gasteiger partial charge in [0, 0.05) is 68.8 Å². The summed E-state index contributed by atoms with van der Waals surface area (Å²) in [7, 11) is 3.17. The summed E-state index contributed by atoms with van der Waals surface area (Å²) in [4.78, 5) is 72.6. The molecule has 1 unspecified atom stereocenters. The first kappa shape index (κ1) is 90.6. The first-order valence-electron chi connectivity index (χ1n) is 38.7. The number of carbonyl (C=O) groups excluding carboxylic acids is 4. The van der Waals surface area contributed by atoms with Crippen molar-refractivity contribution in [3.63, 3.8) is 0 Å². The van der Waals surface area contributed by atoms with Crippen LogP contribution in [0.4, 0.5) is 9.59 Å². The van der Waals surface area contributed by atoms with E-state index in [2.05, 4.69) is 62.0 Å². The number of fused-ring (bicyclic) bond motifs is 3. The van der Waals surface area contributed by atoms with E-state index in [0.29, 0.717) is 148 Å². The number of aryl methyl sites for hydroxylation is 1. The van der Waals surface area contributed by atoms with Crippen LogP contribution in [0.15, 0.2) is 5.11 Å². The molecule has 1 aromatic heterocycles. The van der Waals surface area contributed by atoms with E-state index in [1.165, 1.54) is 63.5 Å². The summed E-state index contributed by atoms with van der Waals surface area (Å²) in [5.74, 6) is 9.06. The van der Waals surface area contributed by atoms with Crippen molar-refractivity contribution in [3.05, 3.63) is 21.8 Å². The molecular weight excluding hydrogens is 1310 g/mol. The van der Waals surface area contributed by atoms with E-state index < -0.39 is 28.2 Å². The van der Waals surface area contributed by atoms with Crippen LogP contribution in [0.2, 0.25) is 0 Å². The van der Waals surface area contributed by atoms with E-state index in [9.17, 15) is 33.9 Å². The van der Waals surface area contributed by atoms with E-state index >= 15 is 0 Å². The largest absolute Gasteiger partial charge is 0.481 e. The van der Waals surface area contributed by atoms with Crippen molar-refractivity contribution in [2.45, 2.75) is 255 Å². The highest BCUT2D eigenvalue weighted by Gasteiger charge is 2.51. The number of azide groups is 1. The van der Waals surface area contributed by atoms with Crippen molar-refractivity contribution in [1.29, 1.82) is 0 Å². The van der Waals surface area contributed by atoms with Gasteiger partial charge in [0.2, 0.25) is 5.91 Å². The molecule has 0 bridgehead atoms. The van der Waals surface area contributed by atoms with Crippen LogP contribution < -0.4 is 16.0 Å². The highest BCUT2D eigenvalue weighted by molar-refractivity contribution is 5.84. The Hall–Kier alpha value is -5.61. The summed E-state index contributed by atoms with van der Waals surface area (Å²) >= 11 is 0. The minimum Gasteiger partial charge on any atom is -0.481 e. The molecule has 584 valence electrons. The molecular formula is C77H135N9O16. The summed E-state index contributed by atoms with van der Waals surface area (Å²) < 4.78 is 45.6. The van der Waals surface area contributed by atoms with Crippen molar-refractivity contribution in [3.8, 4) is 11.8 Å². The minimum absolute atomic E-state index is 0.0658. The lowest BCUT2D eigenvalue weighted by Gasteiger charge is -2.23. The molecule has 1 heterocycles. The number of aromatic nitrogens is 3. The maximum absolute atomic E-state index is 12.7. The van der Waals surface area contributed by atoms with Gasteiger partial charge in [0.1, 0.15) is 5.78 Å². The smallest absolute Gasteiger partial charge is 0.406 e. The van der Waals surface area contributed by atoms with Crippen LogP contribution in [-0.4, -0.2) is 181 Å². The Morgan fingerprint density at radius 3 is 1.35 bits per heavy atom. The number of rotatable bonds is 55. The number of hydrogen-bond donors (Lipinski definition) is 5. The van der Waals surface area contributed by atoms with Crippen molar-refractivity contribution in [2.75, 3.05) is 120 Å². The third-order valence-corrected chi connectivity index (χ3v) is 20.7. The number of nitrogens with zero attached hydrogens (tertiary/aromatic N) is 6. The van der Waals surface area contributed by atoms with E-state index in [-0.39, 0.29) is 23.5 Å². The molecule has 0 aromatic carbocycles. The lowest BCUT2D eigenvalue weighted by Crippen LogP contribution is -2.38. The average molecular weight is 1440 g/mol. The van der Waals surface area contributed by atoms with Crippen molar-refractivity contribution in [2.24, 2.45) is 62.3 Å². The molecule has 4 aliphatic rings. The number of Topliss-reactive ketones (excluding diaryl/α,β-unsaturated/α-hetero) is 1. The Bertz CT molecular complexity index is 2620. The molecule has 2 saturated carbocycles. The number of amides is 3. The van der Waals surface area contributed by atoms with Crippen LogP contribution >= 0.6 is 0 Å². The van der Waals surface area contributed by atoms with Gasteiger partial charge in [0.25, 0.3) is 0 Å². The maximum Gasteiger partial charge on any atom is 0.406 e. The Kier molecular flexibility index (Phi) is 46.5. The second-order valence-electron chi connectivity index (χ2n) is 30.6. The number of carbonyl (C=O) groups is 6. The summed E-state index contributed by atoms with van der Waals surface area (Å²) in [5, 5.41) is 38.5. The Balaban J connectivity index is 0.000000456. The number of hydrogen-bond acceptors (Lipinski definition) is 17. The summed E-state index contributed by atoms with van der Waals surface area (Å²) in [6.45, 7) is 23.6. The summed E-state index contributed by atoms with van der Waals surface area (Å²) in [5.41, 5.74) is 8.52. The zero-order valence-electron chi connectivity index (χ0n) is 64.5. The SMILES string of the molecule is CC(C)(CCCCCCCCCCC(C)(C)C(=O)CCCOCCOCCOCCN=[N+]=[N-])C(=O)O.CNC(=O)OCC1[C@H]2CCC#CCC[C@@H]12.CNC(=O)OC[C@@H]1[C@@H]2CCc3nnn(CCOCCOCCOCCNC(=O)C(C)(C)CCCCCCCCCCC(C)(C)C(=O)O)c3CC[C@@H]21. The molecule has 5 rings (SSSR count). The van der Waals surface area contributed by atoms with Gasteiger partial charge in [0.05, 0.1) is 115 Å². The second-order valence-corrected chi connectivity index (χ2v) is 30.6. The molecule has 6 atom stereocenters. The van der Waals surface area contributed by atoms with Crippen molar-refractivity contribution in [1.82, 2.24) is 30.9 Å². The van der Waals surface area contributed by atoms with Crippen LogP contribution in [0, 0.1) is 69.0 Å². The molecule has 0 radical (unpaired) electrons. The lowest BCUT2D eigenvalue weighted by molar-refractivity contribution is -0.148. The number of carboxylic acid groups (broad SMARTS) is 2. The molecule has 102 heavy (non-hydrogen) atoms. The fourth-order valence-electron chi connectivity index (χ4n) is 13.4. The Morgan fingerprint density at radius 2 is 0.902 bits per heavy atom. The van der Waals surface area contributed by atoms with E-state index in [1.807, 2.05) is 18.5 Å². The number of nitrogens with one attached hydrogen (secondary N) is 3. The van der Waals surface area contributed by atoms with E-state index in [1.54, 1.807) is 41.8 Å². The number of unbranched alkanes of at least 4 members (excludes halogenated alkanes) is 14. The van der Waals surface area contributed by atoms with Crippen LogP contribution in [0.1, 0.15) is 247 Å². The third-order valence-electron chi connectivity index (χ3n) is 20.7. The van der Waals surface area contributed by atoms with Gasteiger partial charge in [-0.15, -0.1) is 16.9 Å². The van der Waals surface area contributed by atoms with Gasteiger partial charge in [-0.1, -0.05) is 141 Å². The van der Waals surface area contributed by atoms with Crippen molar-refractivity contribution >= 4 is 35.8 Å². The fourth-order valence-corrected chi connectivity index (χ4v) is 13.4. The van der Waals surface area contributed by atoms with Crippen LogP contribution in [0.25, 0.3) is 10.4 Å². The van der Waals surface area contributed by atoms with Crippen LogP contribution in [0.3, 0.4) is 0 Å². The second kappa shape index (κ2) is 52.4. The molecule has 0 aliphatic heterocycles. The molecule has 1 aromatic rings. The minimum atomic E-state index is -0.714. The number of carboxylic acids is 2. The maximum atomic E-state index is 12.7. The number of alkyl carbamates (subject to hydrolysis) is 2. The molecule has 25 heteroatoms. The zero-order valence-corrected chi connectivity index (χ0v) is 64.5. The molecule has 5 N–H and O–H groups in total. The van der Waals surface area contributed by atoms with Gasteiger partial charge < -0.3 is 64.1 Å². The quantitative estimate of drug-likeness (QED) is 0.0133. The highest BCUT2D eigenvalue weighted by atomic mass is 16.6. The topological polar surface area (TPSA) is 332 Å². The molecule has 3 amide bonds. The highest BCUT2D eigenvalue weighted by Crippen LogP contribution is 2.53. The molecule has 2 fully saturated rings. The molecule has 0 saturated heterocycles. The first-order chi connectivity index (χ1) is 48.9. The van der Waals surface area contributed by atoms with Gasteiger partial charge in [-0.05, 0) is 139 Å². The fraction of sp³-hybridized carbons (Fsp3) is 0.870. The number of aliphatic carboxylic acids is 2. The molecule has 0 spiro atoms. The standard InChI is InChI=1S/C38H67N5O8.C27H51N3O6.C12H17NO2/c1-37(2,18-12-10-8-6-7-9-11-13-19-38(3,4)35(45)46)34(44)40-20-22-48-24-26-50-27-25-49-23-21-43-33-17-15-30-29(14-16-32(33)41-42-43)31(30)28-51-36(47)39-5;1-26(2,15-11-9-7-5-6-8-10-12-16-27(3,4)25(32)33)24(31)14-13-18-34-20-22-36-23-21-35-19-17-29-30-28;1-13-12(14)15-8-11-9-6-4-2-3-5-7-10(9)11/h29-31H,6-28H2,1-5H3,(H,39,47)(H,40,44)(H,45,46);5-23H2,1-4H3,(H,32,33);9-11H,4-8H2,1H3,(H,13,14)/t29-,30+,31-;;9-,10+,11?/m1../s1. The van der Waals surface area contributed by atoms with Gasteiger partial charge in [-0.3, -0.25) is 19.2 Å². The predicted octanol–water partition coefficient (Wildman–Crippen LogP) is 14.1. The van der Waals surface area contributed by atoms with Crippen molar-refractivity contribution < 1.29 is 76.9 Å². The third kappa shape index (κ3) is 39.5. The van der Waals surface area contributed by atoms with Crippen LogP contribution in [0.5, 0.6) is 0 Å². The summed E-state index contributed by atoms with van der Waals surface area (Å²) in [6.07, 6.45) is 30.3. The Morgan fingerprint density at radius 1 is 0.510 bits per heavy atom. The lowest BCUT2D eigenvalue weighted by atomic mass is 9.81. The summed E-state index contributed by atoms with van der Waals surface area (Å²) in [6, 6.07) is 0. The van der Waals surface area contributed by atoms with Gasteiger partial charge in [-0.25, -0.2) is 14.3 Å². The van der Waals surface area contributed by atoms with Crippen LogP contribution in [-0.2, 0) is 76.5 Å². The zero-order chi connectivity index (χ0) is 74.9. The number of ether oxygens (including phenoxy) is 8. The predicted molar refractivity (Wildman–Crippen MR) is 394 cm³/mol.